The third-order valence-electron chi connectivity index (χ3n) is 3.62. The van der Waals surface area contributed by atoms with E-state index in [0.717, 1.165) is 33.2 Å². The van der Waals surface area contributed by atoms with Crippen LogP contribution in [0.25, 0.3) is 21.8 Å². The highest BCUT2D eigenvalue weighted by Crippen LogP contribution is 2.20. The van der Waals surface area contributed by atoms with Crippen molar-refractivity contribution in [3.05, 3.63) is 70.0 Å². The molecule has 0 aliphatic heterocycles. The normalized spacial score (nSPS) is 10.8. The Balaban J connectivity index is 0.000000141. The number of H-pyrrole nitrogens is 2. The molecule has 0 unspecified atom stereocenters. The Hall–Kier alpha value is -1.98. The van der Waals surface area contributed by atoms with E-state index in [1.165, 1.54) is 0 Å². The summed E-state index contributed by atoms with van der Waals surface area (Å²) >= 11 is 11.6. The lowest BCUT2D eigenvalue weighted by molar-refractivity contribution is 0.277. The molecule has 0 spiro atoms. The summed E-state index contributed by atoms with van der Waals surface area (Å²) in [5.74, 6) is 0. The number of halogens is 2. The Morgan fingerprint density at radius 3 is 1.46 bits per heavy atom. The largest absolute Gasteiger partial charge is 0.390 e. The van der Waals surface area contributed by atoms with Gasteiger partial charge in [-0.05, 0) is 47.2 Å². The van der Waals surface area contributed by atoms with Crippen LogP contribution in [-0.4, -0.2) is 20.2 Å². The van der Waals surface area contributed by atoms with E-state index in [9.17, 15) is 0 Å². The standard InChI is InChI=1S/2C9H8ClNO/c2*10-7-2-1-6-3-8(5-12)11-9(6)4-7/h2*1-4,11-12H,5H2. The van der Waals surface area contributed by atoms with Gasteiger partial charge in [-0.2, -0.15) is 0 Å². The van der Waals surface area contributed by atoms with Crippen molar-refractivity contribution < 1.29 is 10.2 Å². The van der Waals surface area contributed by atoms with Crippen LogP contribution in [0.2, 0.25) is 10.0 Å². The van der Waals surface area contributed by atoms with Gasteiger partial charge in [0.05, 0.1) is 13.2 Å². The van der Waals surface area contributed by atoms with E-state index in [-0.39, 0.29) is 13.2 Å². The lowest BCUT2D eigenvalue weighted by Crippen LogP contribution is -1.78. The number of nitrogens with one attached hydrogen (secondary N) is 2. The van der Waals surface area contributed by atoms with Crippen molar-refractivity contribution in [1.29, 1.82) is 0 Å². The van der Waals surface area contributed by atoms with E-state index in [2.05, 4.69) is 9.97 Å². The monoisotopic (exact) mass is 362 g/mol. The van der Waals surface area contributed by atoms with Crippen molar-refractivity contribution in [1.82, 2.24) is 9.97 Å². The number of aliphatic hydroxyl groups is 2. The Kier molecular flexibility index (Phi) is 5.11. The van der Waals surface area contributed by atoms with Crippen molar-refractivity contribution >= 4 is 45.0 Å². The zero-order chi connectivity index (χ0) is 17.1. The molecular formula is C18H16Cl2N2O2. The molecule has 4 N–H and O–H groups in total. The zero-order valence-corrected chi connectivity index (χ0v) is 14.2. The number of aromatic amines is 2. The van der Waals surface area contributed by atoms with E-state index in [0.29, 0.717) is 10.0 Å². The highest BCUT2D eigenvalue weighted by Gasteiger charge is 2.00. The van der Waals surface area contributed by atoms with Crippen molar-refractivity contribution in [3.8, 4) is 0 Å². The maximum atomic E-state index is 8.84. The van der Waals surface area contributed by atoms with Gasteiger partial charge in [0.1, 0.15) is 0 Å². The lowest BCUT2D eigenvalue weighted by Gasteiger charge is -1.89. The van der Waals surface area contributed by atoms with Crippen LogP contribution in [0.1, 0.15) is 11.4 Å². The van der Waals surface area contributed by atoms with Gasteiger partial charge >= 0.3 is 0 Å². The summed E-state index contributed by atoms with van der Waals surface area (Å²) in [4.78, 5) is 6.10. The summed E-state index contributed by atoms with van der Waals surface area (Å²) in [5, 5.41) is 21.2. The predicted molar refractivity (Wildman–Crippen MR) is 98.5 cm³/mol. The molecule has 6 heteroatoms. The van der Waals surface area contributed by atoms with E-state index in [4.69, 9.17) is 33.4 Å². The zero-order valence-electron chi connectivity index (χ0n) is 12.7. The second-order valence-electron chi connectivity index (χ2n) is 5.37. The number of rotatable bonds is 2. The van der Waals surface area contributed by atoms with Crippen LogP contribution < -0.4 is 0 Å². The highest BCUT2D eigenvalue weighted by atomic mass is 35.5. The molecular weight excluding hydrogens is 347 g/mol. The van der Waals surface area contributed by atoms with Crippen molar-refractivity contribution in [2.75, 3.05) is 0 Å². The maximum Gasteiger partial charge on any atom is 0.0831 e. The van der Waals surface area contributed by atoms with Gasteiger partial charge in [0.25, 0.3) is 0 Å². The van der Waals surface area contributed by atoms with Crippen LogP contribution in [0.4, 0.5) is 0 Å². The third-order valence-corrected chi connectivity index (χ3v) is 4.09. The molecule has 0 amide bonds. The van der Waals surface area contributed by atoms with Crippen LogP contribution >= 0.6 is 23.2 Å². The molecule has 0 bridgehead atoms. The summed E-state index contributed by atoms with van der Waals surface area (Å²) in [6.45, 7) is 0.0681. The molecule has 2 aromatic heterocycles. The van der Waals surface area contributed by atoms with Crippen LogP contribution in [0.3, 0.4) is 0 Å². The number of hydrogen-bond acceptors (Lipinski definition) is 2. The van der Waals surface area contributed by atoms with Gasteiger partial charge in [-0.1, -0.05) is 35.3 Å². The third kappa shape index (κ3) is 3.74. The Labute approximate surface area is 148 Å². The molecule has 0 radical (unpaired) electrons. The Morgan fingerprint density at radius 1 is 0.667 bits per heavy atom. The number of fused-ring (bicyclic) bond motifs is 2. The number of aliphatic hydroxyl groups excluding tert-OH is 2. The minimum Gasteiger partial charge on any atom is -0.390 e. The summed E-state index contributed by atoms with van der Waals surface area (Å²) in [6.07, 6.45) is 0. The molecule has 4 rings (SSSR count). The summed E-state index contributed by atoms with van der Waals surface area (Å²) < 4.78 is 0. The lowest BCUT2D eigenvalue weighted by atomic mass is 10.2. The van der Waals surface area contributed by atoms with Gasteiger partial charge in [-0.3, -0.25) is 0 Å². The van der Waals surface area contributed by atoms with Gasteiger partial charge in [0, 0.05) is 32.5 Å². The molecule has 0 saturated heterocycles. The molecule has 0 fully saturated rings. The van der Waals surface area contributed by atoms with Crippen molar-refractivity contribution in [3.63, 3.8) is 0 Å². The average molecular weight is 363 g/mol. The molecule has 0 aliphatic carbocycles. The summed E-state index contributed by atoms with van der Waals surface area (Å²) in [6, 6.07) is 15.0. The van der Waals surface area contributed by atoms with Crippen LogP contribution in [0.5, 0.6) is 0 Å². The highest BCUT2D eigenvalue weighted by molar-refractivity contribution is 6.31. The molecule has 4 nitrogen and oxygen atoms in total. The van der Waals surface area contributed by atoms with Gasteiger partial charge < -0.3 is 20.2 Å². The fraction of sp³-hybridized carbons (Fsp3) is 0.111. The van der Waals surface area contributed by atoms with Gasteiger partial charge in [0.2, 0.25) is 0 Å². The minimum atomic E-state index is 0.0340. The first-order chi connectivity index (χ1) is 11.6. The molecule has 0 atom stereocenters. The van der Waals surface area contributed by atoms with Gasteiger partial charge in [-0.15, -0.1) is 0 Å². The van der Waals surface area contributed by atoms with Crippen LogP contribution in [0.15, 0.2) is 48.5 Å². The van der Waals surface area contributed by atoms with Gasteiger partial charge in [-0.25, -0.2) is 0 Å². The fourth-order valence-corrected chi connectivity index (χ4v) is 2.83. The first-order valence-electron chi connectivity index (χ1n) is 7.35. The number of aromatic nitrogens is 2. The van der Waals surface area contributed by atoms with Crippen molar-refractivity contribution in [2.24, 2.45) is 0 Å². The molecule has 124 valence electrons. The molecule has 2 heterocycles. The molecule has 4 aromatic rings. The minimum absolute atomic E-state index is 0.0340. The van der Waals surface area contributed by atoms with E-state index in [1.807, 2.05) is 48.5 Å². The smallest absolute Gasteiger partial charge is 0.0831 e. The second kappa shape index (κ2) is 7.28. The van der Waals surface area contributed by atoms with E-state index >= 15 is 0 Å². The predicted octanol–water partition coefficient (Wildman–Crippen LogP) is 4.63. The number of hydrogen-bond donors (Lipinski definition) is 4. The second-order valence-corrected chi connectivity index (χ2v) is 6.24. The molecule has 0 aliphatic rings. The molecule has 24 heavy (non-hydrogen) atoms. The molecule has 2 aromatic carbocycles. The first kappa shape index (κ1) is 16.9. The Bertz CT molecular complexity index is 896. The van der Waals surface area contributed by atoms with Gasteiger partial charge in [0.15, 0.2) is 0 Å². The average Bonchev–Trinajstić information content (AvgIpc) is 3.17. The summed E-state index contributed by atoms with van der Waals surface area (Å²) in [7, 11) is 0. The summed E-state index contributed by atoms with van der Waals surface area (Å²) in [5.41, 5.74) is 3.55. The van der Waals surface area contributed by atoms with E-state index in [1.54, 1.807) is 0 Å². The quantitative estimate of drug-likeness (QED) is 0.419. The SMILES string of the molecule is OCc1cc2ccc(Cl)cc2[nH]1.OCc1cc2ccc(Cl)cc2[nH]1. The van der Waals surface area contributed by atoms with Crippen LogP contribution in [-0.2, 0) is 13.2 Å². The first-order valence-corrected chi connectivity index (χ1v) is 8.10. The topological polar surface area (TPSA) is 72.0 Å². The van der Waals surface area contributed by atoms with E-state index < -0.39 is 0 Å². The Morgan fingerprint density at radius 2 is 1.08 bits per heavy atom. The molecule has 0 saturated carbocycles. The number of benzene rings is 2. The van der Waals surface area contributed by atoms with Crippen molar-refractivity contribution in [2.45, 2.75) is 13.2 Å². The maximum absolute atomic E-state index is 8.84. The fourth-order valence-electron chi connectivity index (χ4n) is 2.49. The van der Waals surface area contributed by atoms with Crippen LogP contribution in [0, 0.1) is 0 Å².